The summed E-state index contributed by atoms with van der Waals surface area (Å²) in [6.45, 7) is 6.21. The topological polar surface area (TPSA) is 35.5 Å². The van der Waals surface area contributed by atoms with Crippen LogP contribution in [0.2, 0.25) is 0 Å². The molecule has 0 rings (SSSR count). The number of rotatable bonds is 2. The molecule has 74 valence electrons. The minimum absolute atomic E-state index is 0.129. The van der Waals surface area contributed by atoms with Gasteiger partial charge in [-0.2, -0.15) is 0 Å². The van der Waals surface area contributed by atoms with Gasteiger partial charge in [-0.1, -0.05) is 11.8 Å². The summed E-state index contributed by atoms with van der Waals surface area (Å²) in [7, 11) is 1.34. The van der Waals surface area contributed by atoms with Gasteiger partial charge in [-0.05, 0) is 20.8 Å². The fraction of sp³-hybridized carbons (Fsp3) is 0.700. The third-order valence-electron chi connectivity index (χ3n) is 1.16. The Labute approximate surface area is 79.4 Å². The highest BCUT2D eigenvalue weighted by atomic mass is 16.5. The van der Waals surface area contributed by atoms with Crippen molar-refractivity contribution in [2.45, 2.75) is 32.8 Å². The second-order valence-electron chi connectivity index (χ2n) is 3.51. The summed E-state index contributed by atoms with van der Waals surface area (Å²) in [6.07, 6.45) is 0.129. The second-order valence-corrected chi connectivity index (χ2v) is 3.51. The van der Waals surface area contributed by atoms with Crippen molar-refractivity contribution in [1.82, 2.24) is 0 Å². The molecule has 3 heteroatoms. The minimum atomic E-state index is -0.316. The van der Waals surface area contributed by atoms with E-state index in [1.165, 1.54) is 7.11 Å². The van der Waals surface area contributed by atoms with Gasteiger partial charge in [0.15, 0.2) is 0 Å². The van der Waals surface area contributed by atoms with E-state index in [2.05, 4.69) is 16.6 Å². The molecule has 0 fully saturated rings. The van der Waals surface area contributed by atoms with E-state index in [0.29, 0.717) is 6.61 Å². The Morgan fingerprint density at radius 2 is 1.92 bits per heavy atom. The van der Waals surface area contributed by atoms with Gasteiger partial charge in [0, 0.05) is 0 Å². The van der Waals surface area contributed by atoms with Gasteiger partial charge in [-0.25, -0.2) is 0 Å². The number of hydrogen-bond acceptors (Lipinski definition) is 3. The van der Waals surface area contributed by atoms with E-state index in [9.17, 15) is 4.79 Å². The maximum atomic E-state index is 10.6. The summed E-state index contributed by atoms with van der Waals surface area (Å²) >= 11 is 0. The van der Waals surface area contributed by atoms with E-state index in [-0.39, 0.29) is 18.0 Å². The van der Waals surface area contributed by atoms with Crippen LogP contribution in [0.5, 0.6) is 0 Å². The highest BCUT2D eigenvalue weighted by Gasteiger charge is 2.07. The average Bonchev–Trinajstić information content (AvgIpc) is 2.01. The van der Waals surface area contributed by atoms with Crippen LogP contribution in [-0.4, -0.2) is 25.3 Å². The molecule has 0 radical (unpaired) electrons. The molecule has 13 heavy (non-hydrogen) atoms. The molecule has 0 heterocycles. The fourth-order valence-electron chi connectivity index (χ4n) is 0.510. The number of esters is 1. The van der Waals surface area contributed by atoms with Crippen LogP contribution in [0.4, 0.5) is 0 Å². The summed E-state index contributed by atoms with van der Waals surface area (Å²) in [5.41, 5.74) is -0.181. The van der Waals surface area contributed by atoms with E-state index in [0.717, 1.165) is 0 Å². The maximum Gasteiger partial charge on any atom is 0.317 e. The number of carbonyl (C=O) groups excluding carboxylic acids is 1. The molecule has 0 saturated carbocycles. The van der Waals surface area contributed by atoms with Gasteiger partial charge < -0.3 is 9.47 Å². The van der Waals surface area contributed by atoms with Crippen molar-refractivity contribution in [3.05, 3.63) is 0 Å². The molecule has 0 aromatic heterocycles. The number of hydrogen-bond donors (Lipinski definition) is 0. The highest BCUT2D eigenvalue weighted by Crippen LogP contribution is 2.04. The zero-order valence-corrected chi connectivity index (χ0v) is 8.64. The largest absolute Gasteiger partial charge is 0.468 e. The first-order valence-electron chi connectivity index (χ1n) is 4.12. The minimum Gasteiger partial charge on any atom is -0.468 e. The van der Waals surface area contributed by atoms with Gasteiger partial charge in [-0.3, -0.25) is 4.79 Å². The first-order valence-corrected chi connectivity index (χ1v) is 4.12. The van der Waals surface area contributed by atoms with Gasteiger partial charge in [0.05, 0.1) is 12.7 Å². The molecule has 0 bridgehead atoms. The molecule has 3 nitrogen and oxygen atoms in total. The van der Waals surface area contributed by atoms with E-state index < -0.39 is 0 Å². The summed E-state index contributed by atoms with van der Waals surface area (Å²) in [5.74, 6) is 5.08. The standard InChI is InChI=1S/C10H16O3/c1-10(2,3)13-8-6-5-7-9(11)12-4/h7-8H2,1-4H3. The maximum absolute atomic E-state index is 10.6. The molecule has 0 saturated heterocycles. The van der Waals surface area contributed by atoms with Crippen LogP contribution >= 0.6 is 0 Å². The van der Waals surface area contributed by atoms with Crippen molar-refractivity contribution < 1.29 is 14.3 Å². The lowest BCUT2D eigenvalue weighted by molar-refractivity contribution is -0.139. The summed E-state index contributed by atoms with van der Waals surface area (Å²) in [6, 6.07) is 0. The third kappa shape index (κ3) is 8.90. The van der Waals surface area contributed by atoms with Gasteiger partial charge in [0.25, 0.3) is 0 Å². The molecule has 0 N–H and O–H groups in total. The Bertz CT molecular complexity index is 215. The Balaban J connectivity index is 3.58. The zero-order chi connectivity index (χ0) is 10.3. The molecule has 0 unspecified atom stereocenters. The quantitative estimate of drug-likeness (QED) is 0.480. The SMILES string of the molecule is COC(=O)CC#CCOC(C)(C)C. The second kappa shape index (κ2) is 5.60. The molecule has 0 aliphatic carbocycles. The molecule has 0 aliphatic rings. The van der Waals surface area contributed by atoms with Gasteiger partial charge in [-0.15, -0.1) is 0 Å². The highest BCUT2D eigenvalue weighted by molar-refractivity contribution is 5.72. The fourth-order valence-corrected chi connectivity index (χ4v) is 0.510. The molecule has 0 spiro atoms. The third-order valence-corrected chi connectivity index (χ3v) is 1.16. The molecule has 0 aromatic carbocycles. The van der Waals surface area contributed by atoms with Crippen molar-refractivity contribution in [2.75, 3.05) is 13.7 Å². The summed E-state index contributed by atoms with van der Waals surface area (Å²) < 4.78 is 9.73. The Hall–Kier alpha value is -1.01. The number of methoxy groups -OCH3 is 1. The molecule has 0 aromatic rings. The van der Waals surface area contributed by atoms with Crippen LogP contribution in [0.15, 0.2) is 0 Å². The van der Waals surface area contributed by atoms with Crippen molar-refractivity contribution in [1.29, 1.82) is 0 Å². The number of carbonyl (C=O) groups is 1. The lowest BCUT2D eigenvalue weighted by Crippen LogP contribution is -2.19. The van der Waals surface area contributed by atoms with E-state index in [4.69, 9.17) is 4.74 Å². The molecular formula is C10H16O3. The van der Waals surface area contributed by atoms with Gasteiger partial charge >= 0.3 is 5.97 Å². The average molecular weight is 184 g/mol. The van der Waals surface area contributed by atoms with Crippen LogP contribution < -0.4 is 0 Å². The monoisotopic (exact) mass is 184 g/mol. The van der Waals surface area contributed by atoms with E-state index in [1.54, 1.807) is 0 Å². The Kier molecular flexibility index (Phi) is 5.17. The normalized spacial score (nSPS) is 10.2. The van der Waals surface area contributed by atoms with E-state index >= 15 is 0 Å². The van der Waals surface area contributed by atoms with E-state index in [1.807, 2.05) is 20.8 Å². The predicted molar refractivity (Wildman–Crippen MR) is 50.1 cm³/mol. The van der Waals surface area contributed by atoms with Crippen molar-refractivity contribution >= 4 is 5.97 Å². The van der Waals surface area contributed by atoms with Crippen LogP contribution in [0.25, 0.3) is 0 Å². The summed E-state index contributed by atoms with van der Waals surface area (Å²) in [4.78, 5) is 10.6. The molecular weight excluding hydrogens is 168 g/mol. The summed E-state index contributed by atoms with van der Waals surface area (Å²) in [5, 5.41) is 0. The lowest BCUT2D eigenvalue weighted by Gasteiger charge is -2.16. The van der Waals surface area contributed by atoms with Crippen molar-refractivity contribution in [2.24, 2.45) is 0 Å². The zero-order valence-electron chi connectivity index (χ0n) is 8.64. The van der Waals surface area contributed by atoms with Crippen LogP contribution in [0.1, 0.15) is 27.2 Å². The number of ether oxygens (including phenoxy) is 2. The first-order chi connectivity index (χ1) is 5.95. The smallest absolute Gasteiger partial charge is 0.317 e. The molecule has 0 aliphatic heterocycles. The van der Waals surface area contributed by atoms with Crippen molar-refractivity contribution in [3.63, 3.8) is 0 Å². The van der Waals surface area contributed by atoms with Crippen LogP contribution in [0.3, 0.4) is 0 Å². The van der Waals surface area contributed by atoms with Crippen molar-refractivity contribution in [3.8, 4) is 11.8 Å². The van der Waals surface area contributed by atoms with Gasteiger partial charge in [0.2, 0.25) is 0 Å². The Morgan fingerprint density at radius 1 is 1.31 bits per heavy atom. The van der Waals surface area contributed by atoms with Gasteiger partial charge in [0.1, 0.15) is 13.0 Å². The molecule has 0 amide bonds. The Morgan fingerprint density at radius 3 is 2.38 bits per heavy atom. The molecule has 0 atom stereocenters. The van der Waals surface area contributed by atoms with Crippen LogP contribution in [-0.2, 0) is 14.3 Å². The predicted octanol–water partition coefficient (Wildman–Crippen LogP) is 1.37. The lowest BCUT2D eigenvalue weighted by atomic mass is 10.2. The first kappa shape index (κ1) is 12.0. The van der Waals surface area contributed by atoms with Crippen LogP contribution in [0, 0.1) is 11.8 Å².